The number of hydrogen-bond donors (Lipinski definition) is 1. The van der Waals surface area contributed by atoms with E-state index in [1.165, 1.54) is 0 Å². The Morgan fingerprint density at radius 2 is 2.05 bits per heavy atom. The molecule has 2 amide bonds. The van der Waals surface area contributed by atoms with E-state index in [9.17, 15) is 9.59 Å². The Bertz CT molecular complexity index is 393. The second-order valence-electron chi connectivity index (χ2n) is 5.04. The van der Waals surface area contributed by atoms with Crippen LogP contribution in [0.15, 0.2) is 0 Å². The van der Waals surface area contributed by atoms with E-state index >= 15 is 0 Å². The monoisotopic (exact) mass is 280 g/mol. The van der Waals surface area contributed by atoms with Crippen molar-refractivity contribution in [1.82, 2.24) is 15.1 Å². The highest BCUT2D eigenvalue weighted by Gasteiger charge is 2.30. The molecule has 7 heteroatoms. The minimum atomic E-state index is -0.263. The maximum absolute atomic E-state index is 12.1. The zero-order valence-electron chi connectivity index (χ0n) is 11.5. The number of nitrogens with zero attached hydrogens (tertiary/aromatic N) is 3. The highest BCUT2D eigenvalue weighted by Crippen LogP contribution is 2.15. The first kappa shape index (κ1) is 14.8. The summed E-state index contributed by atoms with van der Waals surface area (Å²) >= 11 is 0. The number of piperazine rings is 1. The molecule has 0 saturated carbocycles. The lowest BCUT2D eigenvalue weighted by Gasteiger charge is -2.35. The standard InChI is InChI=1S/C13H20N4O3/c14-3-4-15-12(18)10-16-5-7-17(8-6-16)13(19)11-2-1-9-20-11/h11H,1-2,4-10H2,(H,15,18). The van der Waals surface area contributed by atoms with E-state index in [4.69, 9.17) is 10.00 Å². The lowest BCUT2D eigenvalue weighted by molar-refractivity contribution is -0.142. The average Bonchev–Trinajstić information content (AvgIpc) is 2.99. The molecule has 2 heterocycles. The summed E-state index contributed by atoms with van der Waals surface area (Å²) in [4.78, 5) is 27.4. The Kier molecular flexibility index (Phi) is 5.32. The van der Waals surface area contributed by atoms with Crippen LogP contribution in [-0.4, -0.2) is 73.6 Å². The zero-order chi connectivity index (χ0) is 14.4. The SMILES string of the molecule is N#CCNC(=O)CN1CCN(C(=O)C2CCCO2)CC1. The number of amides is 2. The summed E-state index contributed by atoms with van der Waals surface area (Å²) in [6, 6.07) is 1.87. The maximum Gasteiger partial charge on any atom is 0.251 e. The third kappa shape index (κ3) is 3.92. The second kappa shape index (κ2) is 7.22. The molecule has 7 nitrogen and oxygen atoms in total. The summed E-state index contributed by atoms with van der Waals surface area (Å²) in [7, 11) is 0. The largest absolute Gasteiger partial charge is 0.368 e. The molecule has 2 saturated heterocycles. The molecule has 2 aliphatic heterocycles. The van der Waals surface area contributed by atoms with Gasteiger partial charge in [-0.25, -0.2) is 0 Å². The fraction of sp³-hybridized carbons (Fsp3) is 0.769. The fourth-order valence-electron chi connectivity index (χ4n) is 2.50. The van der Waals surface area contributed by atoms with E-state index in [0.29, 0.717) is 32.8 Å². The van der Waals surface area contributed by atoms with Crippen molar-refractivity contribution >= 4 is 11.8 Å². The summed E-state index contributed by atoms with van der Waals surface area (Å²) in [5.74, 6) is -0.0680. The summed E-state index contributed by atoms with van der Waals surface area (Å²) in [5, 5.41) is 10.9. The highest BCUT2D eigenvalue weighted by molar-refractivity contribution is 5.81. The Morgan fingerprint density at radius 1 is 1.30 bits per heavy atom. The number of carbonyl (C=O) groups is 2. The molecular formula is C13H20N4O3. The van der Waals surface area contributed by atoms with Crippen molar-refractivity contribution in [2.24, 2.45) is 0 Å². The van der Waals surface area contributed by atoms with Crippen molar-refractivity contribution in [1.29, 1.82) is 5.26 Å². The second-order valence-corrected chi connectivity index (χ2v) is 5.04. The van der Waals surface area contributed by atoms with E-state index in [2.05, 4.69) is 5.32 Å². The van der Waals surface area contributed by atoms with Crippen molar-refractivity contribution in [3.8, 4) is 6.07 Å². The minimum Gasteiger partial charge on any atom is -0.368 e. The minimum absolute atomic E-state index is 0.0380. The predicted molar refractivity (Wildman–Crippen MR) is 70.6 cm³/mol. The maximum atomic E-state index is 12.1. The molecule has 2 aliphatic rings. The molecule has 0 radical (unpaired) electrons. The molecule has 1 unspecified atom stereocenters. The van der Waals surface area contributed by atoms with Gasteiger partial charge >= 0.3 is 0 Å². The first-order chi connectivity index (χ1) is 9.70. The van der Waals surface area contributed by atoms with Crippen molar-refractivity contribution < 1.29 is 14.3 Å². The molecule has 20 heavy (non-hydrogen) atoms. The highest BCUT2D eigenvalue weighted by atomic mass is 16.5. The van der Waals surface area contributed by atoms with E-state index < -0.39 is 0 Å². The number of rotatable bonds is 4. The summed E-state index contributed by atoms with van der Waals surface area (Å²) in [6.07, 6.45) is 1.51. The number of hydrogen-bond acceptors (Lipinski definition) is 5. The van der Waals surface area contributed by atoms with Gasteiger partial charge in [-0.1, -0.05) is 0 Å². The fourth-order valence-corrected chi connectivity index (χ4v) is 2.50. The summed E-state index contributed by atoms with van der Waals surface area (Å²) < 4.78 is 5.40. The zero-order valence-corrected chi connectivity index (χ0v) is 11.5. The number of nitrogens with one attached hydrogen (secondary N) is 1. The third-order valence-corrected chi connectivity index (χ3v) is 3.62. The molecule has 0 aromatic carbocycles. The Labute approximate surface area is 118 Å². The summed E-state index contributed by atoms with van der Waals surface area (Å²) in [6.45, 7) is 3.61. The average molecular weight is 280 g/mol. The van der Waals surface area contributed by atoms with Gasteiger partial charge < -0.3 is 15.0 Å². The van der Waals surface area contributed by atoms with Gasteiger partial charge in [0.1, 0.15) is 12.6 Å². The van der Waals surface area contributed by atoms with E-state index in [-0.39, 0.29) is 31.0 Å². The van der Waals surface area contributed by atoms with Crippen molar-refractivity contribution in [2.45, 2.75) is 18.9 Å². The van der Waals surface area contributed by atoms with Crippen molar-refractivity contribution in [2.75, 3.05) is 45.9 Å². The first-order valence-corrected chi connectivity index (χ1v) is 6.97. The van der Waals surface area contributed by atoms with Crippen LogP contribution in [0.2, 0.25) is 0 Å². The van der Waals surface area contributed by atoms with E-state index in [0.717, 1.165) is 12.8 Å². The van der Waals surface area contributed by atoms with Crippen LogP contribution in [0.25, 0.3) is 0 Å². The smallest absolute Gasteiger partial charge is 0.251 e. The van der Waals surface area contributed by atoms with Gasteiger partial charge in [0.15, 0.2) is 0 Å². The molecule has 2 rings (SSSR count). The molecule has 0 aromatic heterocycles. The van der Waals surface area contributed by atoms with Crippen LogP contribution >= 0.6 is 0 Å². The van der Waals surface area contributed by atoms with Crippen molar-refractivity contribution in [3.63, 3.8) is 0 Å². The molecule has 1 N–H and O–H groups in total. The van der Waals surface area contributed by atoms with Gasteiger partial charge in [-0.15, -0.1) is 0 Å². The Morgan fingerprint density at radius 3 is 2.65 bits per heavy atom. The predicted octanol–water partition coefficient (Wildman–Crippen LogP) is -1.05. The molecule has 0 aliphatic carbocycles. The number of carbonyl (C=O) groups excluding carboxylic acids is 2. The van der Waals surface area contributed by atoms with Crippen LogP contribution in [0.4, 0.5) is 0 Å². The Hall–Kier alpha value is -1.65. The lowest BCUT2D eigenvalue weighted by Crippen LogP contribution is -2.53. The van der Waals surface area contributed by atoms with Crippen LogP contribution < -0.4 is 5.32 Å². The van der Waals surface area contributed by atoms with Crippen LogP contribution in [0.1, 0.15) is 12.8 Å². The molecule has 2 fully saturated rings. The van der Waals surface area contributed by atoms with Crippen LogP contribution in [0.3, 0.4) is 0 Å². The van der Waals surface area contributed by atoms with Gasteiger partial charge in [-0.2, -0.15) is 5.26 Å². The van der Waals surface area contributed by atoms with Gasteiger partial charge in [0.05, 0.1) is 12.6 Å². The van der Waals surface area contributed by atoms with E-state index in [1.807, 2.05) is 15.9 Å². The topological polar surface area (TPSA) is 85.7 Å². The van der Waals surface area contributed by atoms with Crippen LogP contribution in [0, 0.1) is 11.3 Å². The van der Waals surface area contributed by atoms with Crippen molar-refractivity contribution in [3.05, 3.63) is 0 Å². The molecule has 0 spiro atoms. The van der Waals surface area contributed by atoms with Gasteiger partial charge in [0.25, 0.3) is 5.91 Å². The first-order valence-electron chi connectivity index (χ1n) is 6.97. The quantitative estimate of drug-likeness (QED) is 0.664. The molecule has 0 bridgehead atoms. The summed E-state index contributed by atoms with van der Waals surface area (Å²) in [5.41, 5.74) is 0. The number of nitriles is 1. The molecule has 110 valence electrons. The van der Waals surface area contributed by atoms with Gasteiger partial charge in [-0.05, 0) is 12.8 Å². The van der Waals surface area contributed by atoms with Gasteiger partial charge in [0, 0.05) is 32.8 Å². The van der Waals surface area contributed by atoms with Crippen LogP contribution in [0.5, 0.6) is 0 Å². The van der Waals surface area contributed by atoms with Crippen LogP contribution in [-0.2, 0) is 14.3 Å². The van der Waals surface area contributed by atoms with Gasteiger partial charge in [-0.3, -0.25) is 14.5 Å². The normalized spacial score (nSPS) is 23.4. The lowest BCUT2D eigenvalue weighted by atomic mass is 10.2. The molecule has 1 atom stereocenters. The molecule has 0 aromatic rings. The van der Waals surface area contributed by atoms with Gasteiger partial charge in [0.2, 0.25) is 5.91 Å². The Balaban J connectivity index is 1.70. The number of ether oxygens (including phenoxy) is 1. The molecular weight excluding hydrogens is 260 g/mol. The van der Waals surface area contributed by atoms with E-state index in [1.54, 1.807) is 0 Å². The third-order valence-electron chi connectivity index (χ3n) is 3.62.